The summed E-state index contributed by atoms with van der Waals surface area (Å²) in [5, 5.41) is 4.29. The Labute approximate surface area is 184 Å². The third-order valence-corrected chi connectivity index (χ3v) is 5.93. The number of likely N-dealkylation sites (tertiary alicyclic amines) is 1. The van der Waals surface area contributed by atoms with Gasteiger partial charge in [-0.25, -0.2) is 0 Å². The van der Waals surface area contributed by atoms with Gasteiger partial charge in [-0.15, -0.1) is 0 Å². The molecule has 2 amide bonds. The summed E-state index contributed by atoms with van der Waals surface area (Å²) in [6.07, 6.45) is 4.13. The molecule has 1 aromatic heterocycles. The molecule has 1 aromatic carbocycles. The van der Waals surface area contributed by atoms with Crippen LogP contribution >= 0.6 is 0 Å². The molecule has 1 saturated heterocycles. The fraction of sp³-hybridized carbons (Fsp3) is 0.458. The van der Waals surface area contributed by atoms with Gasteiger partial charge in [-0.3, -0.25) is 14.3 Å². The molecule has 0 saturated carbocycles. The van der Waals surface area contributed by atoms with Crippen LogP contribution in [0.4, 0.5) is 0 Å². The zero-order chi connectivity index (χ0) is 22.4. The van der Waals surface area contributed by atoms with Crippen LogP contribution in [0, 0.1) is 17.8 Å². The molecule has 0 aliphatic carbocycles. The predicted octanol–water partition coefficient (Wildman–Crippen LogP) is 2.37. The third kappa shape index (κ3) is 5.46. The van der Waals surface area contributed by atoms with Crippen LogP contribution in [-0.4, -0.2) is 64.7 Å². The first-order chi connectivity index (χ1) is 14.9. The largest absolute Gasteiger partial charge is 0.497 e. The highest BCUT2D eigenvalue weighted by Crippen LogP contribution is 2.28. The first-order valence-electron chi connectivity index (χ1n) is 10.5. The summed E-state index contributed by atoms with van der Waals surface area (Å²) in [7, 11) is 5.30. The zero-order valence-electron chi connectivity index (χ0n) is 18.7. The minimum atomic E-state index is -0.122. The summed E-state index contributed by atoms with van der Waals surface area (Å²) in [5.41, 5.74) is 1.55. The molecule has 7 heteroatoms. The van der Waals surface area contributed by atoms with Crippen molar-refractivity contribution in [3.05, 3.63) is 47.8 Å². The molecule has 2 heterocycles. The maximum atomic E-state index is 13.2. The molecule has 0 N–H and O–H groups in total. The number of hydrogen-bond donors (Lipinski definition) is 0. The molecule has 164 valence electrons. The summed E-state index contributed by atoms with van der Waals surface area (Å²) in [6.45, 7) is 2.98. The van der Waals surface area contributed by atoms with Crippen molar-refractivity contribution in [1.82, 2.24) is 19.6 Å². The van der Waals surface area contributed by atoms with Gasteiger partial charge >= 0.3 is 0 Å². The van der Waals surface area contributed by atoms with Crippen LogP contribution in [0.15, 0.2) is 36.5 Å². The molecule has 1 fully saturated rings. The number of aryl methyl sites for hydroxylation is 1. The SMILES string of the molecule is CC#CC(=O)N1CCC(C(Cc2cccc(OC)c2)N(C)C(=O)c2ccn(C)n2)CC1. The van der Waals surface area contributed by atoms with E-state index < -0.39 is 0 Å². The number of carbonyl (C=O) groups excluding carboxylic acids is 2. The van der Waals surface area contributed by atoms with Gasteiger partial charge in [0.25, 0.3) is 11.8 Å². The maximum absolute atomic E-state index is 13.2. The van der Waals surface area contributed by atoms with Crippen molar-refractivity contribution in [2.45, 2.75) is 32.2 Å². The number of benzene rings is 1. The van der Waals surface area contributed by atoms with Crippen molar-refractivity contribution < 1.29 is 14.3 Å². The summed E-state index contributed by atoms with van der Waals surface area (Å²) in [6, 6.07) is 9.69. The van der Waals surface area contributed by atoms with Crippen LogP contribution in [0.25, 0.3) is 0 Å². The number of nitrogens with zero attached hydrogens (tertiary/aromatic N) is 4. The Bertz CT molecular complexity index is 980. The van der Waals surface area contributed by atoms with Gasteiger partial charge in [0.15, 0.2) is 0 Å². The highest BCUT2D eigenvalue weighted by atomic mass is 16.5. The number of amides is 2. The summed E-state index contributed by atoms with van der Waals surface area (Å²) in [4.78, 5) is 28.9. The molecule has 0 spiro atoms. The van der Waals surface area contributed by atoms with Crippen molar-refractivity contribution in [3.8, 4) is 17.6 Å². The quantitative estimate of drug-likeness (QED) is 0.671. The van der Waals surface area contributed by atoms with Crippen molar-refractivity contribution in [2.75, 3.05) is 27.2 Å². The van der Waals surface area contributed by atoms with Gasteiger partial charge < -0.3 is 14.5 Å². The molecule has 2 aromatic rings. The van der Waals surface area contributed by atoms with E-state index in [1.807, 2.05) is 30.1 Å². The lowest BCUT2D eigenvalue weighted by atomic mass is 9.84. The van der Waals surface area contributed by atoms with Gasteiger partial charge in [-0.05, 0) is 61.8 Å². The number of likely N-dealkylation sites (N-methyl/N-ethyl adjacent to an activating group) is 1. The lowest BCUT2D eigenvalue weighted by molar-refractivity contribution is -0.126. The number of aromatic nitrogens is 2. The Morgan fingerprint density at radius 2 is 2.03 bits per heavy atom. The van der Waals surface area contributed by atoms with Crippen LogP contribution in [-0.2, 0) is 18.3 Å². The lowest BCUT2D eigenvalue weighted by Crippen LogP contribution is -2.48. The first kappa shape index (κ1) is 22.4. The van der Waals surface area contributed by atoms with E-state index in [0.29, 0.717) is 25.2 Å². The van der Waals surface area contributed by atoms with E-state index in [1.54, 1.807) is 42.9 Å². The highest BCUT2D eigenvalue weighted by molar-refractivity contribution is 5.93. The monoisotopic (exact) mass is 422 g/mol. The third-order valence-electron chi connectivity index (χ3n) is 5.93. The molecular weight excluding hydrogens is 392 g/mol. The molecular formula is C24H30N4O3. The van der Waals surface area contributed by atoms with Crippen LogP contribution < -0.4 is 4.74 Å². The van der Waals surface area contributed by atoms with Gasteiger partial charge in [0.2, 0.25) is 0 Å². The lowest BCUT2D eigenvalue weighted by Gasteiger charge is -2.39. The summed E-state index contributed by atoms with van der Waals surface area (Å²) in [5.74, 6) is 6.16. The predicted molar refractivity (Wildman–Crippen MR) is 119 cm³/mol. The second kappa shape index (κ2) is 10.2. The van der Waals surface area contributed by atoms with Crippen molar-refractivity contribution in [1.29, 1.82) is 0 Å². The molecule has 7 nitrogen and oxygen atoms in total. The van der Waals surface area contributed by atoms with E-state index in [-0.39, 0.29) is 23.8 Å². The van der Waals surface area contributed by atoms with Gasteiger partial charge in [-0.1, -0.05) is 18.1 Å². The Morgan fingerprint density at radius 1 is 1.29 bits per heavy atom. The van der Waals surface area contributed by atoms with Gasteiger partial charge in [0.1, 0.15) is 11.4 Å². The number of piperidine rings is 1. The minimum absolute atomic E-state index is 0.0175. The van der Waals surface area contributed by atoms with Crippen LogP contribution in [0.1, 0.15) is 35.8 Å². The van der Waals surface area contributed by atoms with E-state index in [2.05, 4.69) is 23.0 Å². The minimum Gasteiger partial charge on any atom is -0.497 e. The van der Waals surface area contributed by atoms with Gasteiger partial charge in [-0.2, -0.15) is 5.10 Å². The summed E-state index contributed by atoms with van der Waals surface area (Å²) >= 11 is 0. The molecule has 1 atom stereocenters. The Hall–Kier alpha value is -3.27. The Balaban J connectivity index is 1.80. The van der Waals surface area contributed by atoms with Gasteiger partial charge in [0, 0.05) is 39.4 Å². The molecule has 1 unspecified atom stereocenters. The number of carbonyl (C=O) groups is 2. The van der Waals surface area contributed by atoms with E-state index in [9.17, 15) is 9.59 Å². The second-order valence-electron chi connectivity index (χ2n) is 7.92. The van der Waals surface area contributed by atoms with Crippen molar-refractivity contribution in [2.24, 2.45) is 13.0 Å². The average Bonchev–Trinajstić information content (AvgIpc) is 3.23. The first-order valence-corrected chi connectivity index (χ1v) is 10.5. The normalized spacial score (nSPS) is 15.0. The van der Waals surface area contributed by atoms with Crippen LogP contribution in [0.2, 0.25) is 0 Å². The van der Waals surface area contributed by atoms with Crippen molar-refractivity contribution in [3.63, 3.8) is 0 Å². The fourth-order valence-corrected chi connectivity index (χ4v) is 4.19. The van der Waals surface area contributed by atoms with E-state index >= 15 is 0 Å². The molecule has 3 rings (SSSR count). The van der Waals surface area contributed by atoms with Crippen LogP contribution in [0.5, 0.6) is 5.75 Å². The Morgan fingerprint density at radius 3 is 2.65 bits per heavy atom. The molecule has 0 radical (unpaired) electrons. The van der Waals surface area contributed by atoms with Crippen LogP contribution in [0.3, 0.4) is 0 Å². The highest BCUT2D eigenvalue weighted by Gasteiger charge is 2.33. The van der Waals surface area contributed by atoms with Gasteiger partial charge in [0.05, 0.1) is 7.11 Å². The number of hydrogen-bond acceptors (Lipinski definition) is 4. The van der Waals surface area contributed by atoms with E-state index in [0.717, 1.165) is 24.2 Å². The van der Waals surface area contributed by atoms with E-state index in [4.69, 9.17) is 4.74 Å². The number of methoxy groups -OCH3 is 1. The molecule has 1 aliphatic rings. The molecule has 31 heavy (non-hydrogen) atoms. The smallest absolute Gasteiger partial charge is 0.298 e. The topological polar surface area (TPSA) is 67.7 Å². The molecule has 0 bridgehead atoms. The Kier molecular flexibility index (Phi) is 7.35. The average molecular weight is 423 g/mol. The van der Waals surface area contributed by atoms with Crippen molar-refractivity contribution >= 4 is 11.8 Å². The summed E-state index contributed by atoms with van der Waals surface area (Å²) < 4.78 is 7.01. The maximum Gasteiger partial charge on any atom is 0.298 e. The fourth-order valence-electron chi connectivity index (χ4n) is 4.19. The standard InChI is InChI=1S/C24H30N4O3/c1-5-7-23(29)28-14-10-19(11-15-28)22(17-18-8-6-9-20(16-18)31-4)27(3)24(30)21-12-13-26(2)25-21/h6,8-9,12-13,16,19,22H,10-11,14-15,17H2,1-4H3. The molecule has 1 aliphatic heterocycles. The number of rotatable bonds is 6. The van der Waals surface area contributed by atoms with E-state index in [1.165, 1.54) is 0 Å². The second-order valence-corrected chi connectivity index (χ2v) is 7.92. The number of ether oxygens (including phenoxy) is 1. The zero-order valence-corrected chi connectivity index (χ0v) is 18.7.